The van der Waals surface area contributed by atoms with Crippen LogP contribution < -0.4 is 0 Å². The highest BCUT2D eigenvalue weighted by Gasteiger charge is 2.20. The van der Waals surface area contributed by atoms with Gasteiger partial charge in [0.25, 0.3) is 0 Å². The molecule has 0 saturated carbocycles. The first-order chi connectivity index (χ1) is 4.33. The Balaban J connectivity index is 2.14. The molecule has 1 fully saturated rings. The van der Waals surface area contributed by atoms with Crippen molar-refractivity contribution in [3.63, 3.8) is 0 Å². The van der Waals surface area contributed by atoms with E-state index in [1.165, 1.54) is 0 Å². The van der Waals surface area contributed by atoms with Gasteiger partial charge < -0.3 is 9.84 Å². The van der Waals surface area contributed by atoms with Crippen molar-refractivity contribution < 1.29 is 9.84 Å². The van der Waals surface area contributed by atoms with Crippen molar-refractivity contribution in [3.05, 3.63) is 0 Å². The van der Waals surface area contributed by atoms with Crippen LogP contribution in [0.4, 0.5) is 0 Å². The van der Waals surface area contributed by atoms with E-state index >= 15 is 0 Å². The van der Waals surface area contributed by atoms with Gasteiger partial charge in [0, 0.05) is 6.61 Å². The van der Waals surface area contributed by atoms with Crippen LogP contribution in [0.1, 0.15) is 26.2 Å². The minimum atomic E-state index is 0.261. The molecule has 1 rings (SSSR count). The summed E-state index contributed by atoms with van der Waals surface area (Å²) in [6.45, 7) is 2.34. The molecule has 0 bridgehead atoms. The molecule has 2 heteroatoms. The Morgan fingerprint density at radius 2 is 2.33 bits per heavy atom. The largest absolute Gasteiger partial charge is 0.396 e. The van der Waals surface area contributed by atoms with Crippen LogP contribution in [0.25, 0.3) is 0 Å². The van der Waals surface area contributed by atoms with Crippen molar-refractivity contribution in [1.82, 2.24) is 0 Å². The summed E-state index contributed by atoms with van der Waals surface area (Å²) in [5, 5.41) is 8.53. The lowest BCUT2D eigenvalue weighted by atomic mass is 10.2. The average molecular weight is 130 g/mol. The van der Waals surface area contributed by atoms with Crippen molar-refractivity contribution in [2.45, 2.75) is 38.4 Å². The molecule has 0 aliphatic carbocycles. The monoisotopic (exact) mass is 130 g/mol. The molecular formula is C7H14O2. The van der Waals surface area contributed by atoms with Gasteiger partial charge in [-0.3, -0.25) is 0 Å². The van der Waals surface area contributed by atoms with E-state index in [0.29, 0.717) is 12.2 Å². The van der Waals surface area contributed by atoms with Crippen molar-refractivity contribution in [1.29, 1.82) is 0 Å². The van der Waals surface area contributed by atoms with Crippen LogP contribution in [0.15, 0.2) is 0 Å². The third kappa shape index (κ3) is 1.95. The highest BCUT2D eigenvalue weighted by molar-refractivity contribution is 4.69. The minimum Gasteiger partial charge on any atom is -0.396 e. The second kappa shape index (κ2) is 3.18. The zero-order valence-electron chi connectivity index (χ0n) is 5.84. The van der Waals surface area contributed by atoms with Crippen molar-refractivity contribution in [3.8, 4) is 0 Å². The van der Waals surface area contributed by atoms with E-state index in [1.807, 2.05) is 0 Å². The van der Waals surface area contributed by atoms with Gasteiger partial charge >= 0.3 is 0 Å². The number of hydrogen-bond acceptors (Lipinski definition) is 2. The molecule has 1 heterocycles. The molecule has 0 aromatic rings. The topological polar surface area (TPSA) is 29.5 Å². The maximum Gasteiger partial charge on any atom is 0.0601 e. The Kier molecular flexibility index (Phi) is 2.49. The Labute approximate surface area is 55.8 Å². The van der Waals surface area contributed by atoms with E-state index in [0.717, 1.165) is 19.3 Å². The predicted molar refractivity (Wildman–Crippen MR) is 35.3 cm³/mol. The van der Waals surface area contributed by atoms with E-state index in [1.54, 1.807) is 0 Å². The first-order valence-electron chi connectivity index (χ1n) is 3.59. The molecule has 9 heavy (non-hydrogen) atoms. The van der Waals surface area contributed by atoms with Crippen LogP contribution in [0.5, 0.6) is 0 Å². The smallest absolute Gasteiger partial charge is 0.0601 e. The normalized spacial score (nSPS) is 35.3. The number of ether oxygens (including phenoxy) is 1. The standard InChI is InChI=1S/C7H14O2/c1-6-2-3-7(9-6)4-5-8/h6-8H,2-5H2,1H3/t6-,7-/m1/s1. The average Bonchev–Trinajstić information content (AvgIpc) is 2.17. The van der Waals surface area contributed by atoms with Gasteiger partial charge in [0.15, 0.2) is 0 Å². The van der Waals surface area contributed by atoms with Gasteiger partial charge in [0.05, 0.1) is 12.2 Å². The SMILES string of the molecule is C[C@@H]1CC[C@H](CCO)O1. The first-order valence-corrected chi connectivity index (χ1v) is 3.59. The maximum absolute atomic E-state index is 8.53. The fourth-order valence-electron chi connectivity index (χ4n) is 1.24. The van der Waals surface area contributed by atoms with E-state index in [-0.39, 0.29) is 6.61 Å². The van der Waals surface area contributed by atoms with Crippen LogP contribution in [-0.2, 0) is 4.74 Å². The summed E-state index contributed by atoms with van der Waals surface area (Å²) < 4.78 is 5.44. The van der Waals surface area contributed by atoms with Gasteiger partial charge in [-0.15, -0.1) is 0 Å². The highest BCUT2D eigenvalue weighted by atomic mass is 16.5. The minimum absolute atomic E-state index is 0.261. The molecule has 0 unspecified atom stereocenters. The molecule has 1 aliphatic rings. The summed E-state index contributed by atoms with van der Waals surface area (Å²) in [7, 11) is 0. The number of rotatable bonds is 2. The Morgan fingerprint density at radius 1 is 1.56 bits per heavy atom. The van der Waals surface area contributed by atoms with Gasteiger partial charge in [-0.25, -0.2) is 0 Å². The van der Waals surface area contributed by atoms with Crippen molar-refractivity contribution in [2.24, 2.45) is 0 Å². The molecule has 0 aromatic heterocycles. The lowest BCUT2D eigenvalue weighted by Crippen LogP contribution is -2.09. The molecule has 0 radical (unpaired) electrons. The molecule has 54 valence electrons. The van der Waals surface area contributed by atoms with Crippen LogP contribution >= 0.6 is 0 Å². The van der Waals surface area contributed by atoms with E-state index in [2.05, 4.69) is 6.92 Å². The molecule has 1 aliphatic heterocycles. The molecule has 1 saturated heterocycles. The molecule has 2 atom stereocenters. The molecule has 0 aromatic carbocycles. The van der Waals surface area contributed by atoms with E-state index in [9.17, 15) is 0 Å². The highest BCUT2D eigenvalue weighted by Crippen LogP contribution is 2.20. The maximum atomic E-state index is 8.53. The zero-order chi connectivity index (χ0) is 6.69. The van der Waals surface area contributed by atoms with E-state index < -0.39 is 0 Å². The number of aliphatic hydroxyl groups is 1. The van der Waals surface area contributed by atoms with E-state index in [4.69, 9.17) is 9.84 Å². The van der Waals surface area contributed by atoms with Gasteiger partial charge in [-0.2, -0.15) is 0 Å². The van der Waals surface area contributed by atoms with Crippen LogP contribution in [-0.4, -0.2) is 23.9 Å². The third-order valence-corrected chi connectivity index (χ3v) is 1.77. The second-order valence-electron chi connectivity index (χ2n) is 2.66. The first kappa shape index (κ1) is 7.03. The van der Waals surface area contributed by atoms with Gasteiger partial charge in [-0.05, 0) is 26.2 Å². The van der Waals surface area contributed by atoms with Gasteiger partial charge in [-0.1, -0.05) is 0 Å². The van der Waals surface area contributed by atoms with Gasteiger partial charge in [0.1, 0.15) is 0 Å². The summed E-state index contributed by atoms with van der Waals surface area (Å²) in [5.41, 5.74) is 0. The number of aliphatic hydroxyl groups excluding tert-OH is 1. The van der Waals surface area contributed by atoms with Gasteiger partial charge in [0.2, 0.25) is 0 Å². The third-order valence-electron chi connectivity index (χ3n) is 1.77. The Hall–Kier alpha value is -0.0800. The summed E-state index contributed by atoms with van der Waals surface area (Å²) in [4.78, 5) is 0. The fraction of sp³-hybridized carbons (Fsp3) is 1.00. The molecule has 2 nitrogen and oxygen atoms in total. The molecule has 1 N–H and O–H groups in total. The molecular weight excluding hydrogens is 116 g/mol. The second-order valence-corrected chi connectivity index (χ2v) is 2.66. The summed E-state index contributed by atoms with van der Waals surface area (Å²) in [6, 6.07) is 0. The lowest BCUT2D eigenvalue weighted by molar-refractivity contribution is 0.0405. The Morgan fingerprint density at radius 3 is 2.78 bits per heavy atom. The van der Waals surface area contributed by atoms with Crippen molar-refractivity contribution >= 4 is 0 Å². The Bertz CT molecular complexity index is 81.0. The fourth-order valence-corrected chi connectivity index (χ4v) is 1.24. The zero-order valence-corrected chi connectivity index (χ0v) is 5.84. The van der Waals surface area contributed by atoms with Crippen molar-refractivity contribution in [2.75, 3.05) is 6.61 Å². The molecule has 0 spiro atoms. The van der Waals surface area contributed by atoms with Crippen LogP contribution in [0.3, 0.4) is 0 Å². The summed E-state index contributed by atoms with van der Waals surface area (Å²) >= 11 is 0. The van der Waals surface area contributed by atoms with Crippen LogP contribution in [0.2, 0.25) is 0 Å². The summed E-state index contributed by atoms with van der Waals surface area (Å²) in [6.07, 6.45) is 3.85. The lowest BCUT2D eigenvalue weighted by Gasteiger charge is -2.07. The number of hydrogen-bond donors (Lipinski definition) is 1. The van der Waals surface area contributed by atoms with Crippen LogP contribution in [0, 0.1) is 0 Å². The quantitative estimate of drug-likeness (QED) is 0.602. The summed E-state index contributed by atoms with van der Waals surface area (Å²) in [5.74, 6) is 0. The predicted octanol–water partition coefficient (Wildman–Crippen LogP) is 0.936. The molecule has 0 amide bonds.